The number of hydrogen-bond acceptors (Lipinski definition) is 3. The first-order valence-corrected chi connectivity index (χ1v) is 8.94. The molecule has 1 aliphatic carbocycles. The zero-order chi connectivity index (χ0) is 18.7. The summed E-state index contributed by atoms with van der Waals surface area (Å²) in [5.74, 6) is -0.164. The summed E-state index contributed by atoms with van der Waals surface area (Å²) in [5, 5.41) is 13.8. The van der Waals surface area contributed by atoms with Crippen molar-refractivity contribution in [3.05, 3.63) is 102 Å². The molecule has 0 aliphatic heterocycles. The first-order chi connectivity index (χ1) is 13.2. The Morgan fingerprint density at radius 1 is 0.926 bits per heavy atom. The maximum absolute atomic E-state index is 12.8. The molecule has 0 unspecified atom stereocenters. The fraction of sp³-hybridized carbons (Fsp3) is 0.130. The molecule has 0 bridgehead atoms. The summed E-state index contributed by atoms with van der Waals surface area (Å²) in [7, 11) is 0. The van der Waals surface area contributed by atoms with Gasteiger partial charge in [-0.05, 0) is 29.7 Å². The summed E-state index contributed by atoms with van der Waals surface area (Å²) < 4.78 is 0. The van der Waals surface area contributed by atoms with Crippen molar-refractivity contribution >= 4 is 12.1 Å². The lowest BCUT2D eigenvalue weighted by Gasteiger charge is -2.18. The summed E-state index contributed by atoms with van der Waals surface area (Å²) in [6, 6.07) is 27.1. The van der Waals surface area contributed by atoms with Crippen LogP contribution in [0.2, 0.25) is 0 Å². The summed E-state index contributed by atoms with van der Waals surface area (Å²) in [6.45, 7) is 0. The number of nitrogens with one attached hydrogen (secondary N) is 1. The number of carbonyl (C=O) groups excluding carboxylic acids is 1. The van der Waals surface area contributed by atoms with E-state index in [0.717, 1.165) is 17.5 Å². The van der Waals surface area contributed by atoms with Crippen LogP contribution in [0, 0.1) is 5.92 Å². The molecule has 4 rings (SSSR count). The second kappa shape index (κ2) is 7.08. The van der Waals surface area contributed by atoms with Gasteiger partial charge in [-0.25, -0.2) is 5.43 Å². The van der Waals surface area contributed by atoms with Crippen LogP contribution >= 0.6 is 0 Å². The lowest BCUT2D eigenvalue weighted by atomic mass is 9.85. The lowest BCUT2D eigenvalue weighted by molar-refractivity contribution is -0.122. The average Bonchev–Trinajstić information content (AvgIpc) is 3.48. The van der Waals surface area contributed by atoms with Gasteiger partial charge in [-0.2, -0.15) is 5.10 Å². The molecule has 134 valence electrons. The highest BCUT2D eigenvalue weighted by Crippen LogP contribution is 2.58. The Kier molecular flexibility index (Phi) is 4.47. The summed E-state index contributed by atoms with van der Waals surface area (Å²) >= 11 is 0. The fourth-order valence-electron chi connectivity index (χ4n) is 3.70. The van der Waals surface area contributed by atoms with Gasteiger partial charge in [-0.3, -0.25) is 4.79 Å². The van der Waals surface area contributed by atoms with Gasteiger partial charge >= 0.3 is 0 Å². The highest BCUT2D eigenvalue weighted by atomic mass is 16.3. The molecule has 4 heteroatoms. The molecule has 0 heterocycles. The smallest absolute Gasteiger partial charge is 0.244 e. The third kappa shape index (κ3) is 3.22. The minimum atomic E-state index is -0.309. The standard InChI is InChI=1S/C23H20N2O2/c26-21-14-8-7-9-17(21)16-24-25-22(27)20-15-23(20,18-10-3-1-4-11-18)19-12-5-2-6-13-19/h1-14,16,20,26H,15H2,(H,25,27)/b24-16+/t20-/m0/s1. The van der Waals surface area contributed by atoms with E-state index in [1.165, 1.54) is 6.21 Å². The summed E-state index contributed by atoms with van der Waals surface area (Å²) in [5.41, 5.74) is 5.17. The predicted molar refractivity (Wildman–Crippen MR) is 106 cm³/mol. The number of nitrogens with zero attached hydrogens (tertiary/aromatic N) is 1. The van der Waals surface area contributed by atoms with Gasteiger partial charge in [0.25, 0.3) is 0 Å². The second-order valence-electron chi connectivity index (χ2n) is 6.75. The Hall–Kier alpha value is -3.40. The zero-order valence-electron chi connectivity index (χ0n) is 14.7. The number of aromatic hydroxyl groups is 1. The molecule has 3 aromatic rings. The minimum absolute atomic E-state index is 0.116. The molecule has 1 saturated carbocycles. The molecule has 1 aliphatic rings. The van der Waals surface area contributed by atoms with Gasteiger partial charge in [0.1, 0.15) is 5.75 Å². The molecule has 1 fully saturated rings. The number of phenols is 1. The number of hydrazone groups is 1. The van der Waals surface area contributed by atoms with Crippen LogP contribution in [0.3, 0.4) is 0 Å². The Bertz CT molecular complexity index is 928. The molecule has 0 radical (unpaired) electrons. The number of amides is 1. The summed E-state index contributed by atoms with van der Waals surface area (Å²) in [4.78, 5) is 12.8. The Labute approximate surface area is 158 Å². The van der Waals surface area contributed by atoms with Crippen LogP contribution in [0.25, 0.3) is 0 Å². The predicted octanol–water partition coefficient (Wildman–Crippen LogP) is 3.85. The number of rotatable bonds is 5. The van der Waals surface area contributed by atoms with Gasteiger partial charge in [0.05, 0.1) is 12.1 Å². The van der Waals surface area contributed by atoms with Crippen molar-refractivity contribution in [1.82, 2.24) is 5.43 Å². The lowest BCUT2D eigenvalue weighted by Crippen LogP contribution is -2.25. The van der Waals surface area contributed by atoms with Gasteiger partial charge in [-0.15, -0.1) is 0 Å². The fourth-order valence-corrected chi connectivity index (χ4v) is 3.70. The van der Waals surface area contributed by atoms with E-state index in [1.807, 2.05) is 36.4 Å². The SMILES string of the molecule is O=C(N/N=C/c1ccccc1O)[C@@H]1CC1(c1ccccc1)c1ccccc1. The molecule has 3 aromatic carbocycles. The molecule has 4 nitrogen and oxygen atoms in total. The number of hydrogen-bond donors (Lipinski definition) is 2. The zero-order valence-corrected chi connectivity index (χ0v) is 14.7. The van der Waals surface area contributed by atoms with Crippen molar-refractivity contribution in [2.45, 2.75) is 11.8 Å². The van der Waals surface area contributed by atoms with Crippen molar-refractivity contribution in [2.75, 3.05) is 0 Å². The van der Waals surface area contributed by atoms with Crippen molar-refractivity contribution in [3.8, 4) is 5.75 Å². The van der Waals surface area contributed by atoms with Crippen LogP contribution in [0.1, 0.15) is 23.1 Å². The Morgan fingerprint density at radius 2 is 1.48 bits per heavy atom. The van der Waals surface area contributed by atoms with Crippen LogP contribution in [0.15, 0.2) is 90.0 Å². The molecule has 0 saturated heterocycles. The highest BCUT2D eigenvalue weighted by Gasteiger charge is 2.60. The maximum Gasteiger partial charge on any atom is 0.244 e. The van der Waals surface area contributed by atoms with Crippen LogP contribution in [-0.2, 0) is 10.2 Å². The third-order valence-corrected chi connectivity index (χ3v) is 5.17. The highest BCUT2D eigenvalue weighted by molar-refractivity contribution is 5.88. The number of para-hydroxylation sites is 1. The van der Waals surface area contributed by atoms with Gasteiger partial charge in [0.2, 0.25) is 5.91 Å². The van der Waals surface area contributed by atoms with Crippen molar-refractivity contribution in [1.29, 1.82) is 0 Å². The largest absolute Gasteiger partial charge is 0.507 e. The molecule has 1 atom stereocenters. The van der Waals surface area contributed by atoms with Gasteiger partial charge in [0, 0.05) is 11.0 Å². The minimum Gasteiger partial charge on any atom is -0.507 e. The molecule has 2 N–H and O–H groups in total. The van der Waals surface area contributed by atoms with Crippen LogP contribution < -0.4 is 5.43 Å². The van der Waals surface area contributed by atoms with E-state index in [1.54, 1.807) is 24.3 Å². The molecular weight excluding hydrogens is 336 g/mol. The Balaban J connectivity index is 1.55. The van der Waals surface area contributed by atoms with Crippen LogP contribution in [0.4, 0.5) is 0 Å². The van der Waals surface area contributed by atoms with Crippen LogP contribution in [-0.4, -0.2) is 17.2 Å². The number of benzene rings is 3. The van der Waals surface area contributed by atoms with Gasteiger partial charge in [0.15, 0.2) is 0 Å². The monoisotopic (exact) mass is 356 g/mol. The first kappa shape index (κ1) is 17.0. The quantitative estimate of drug-likeness (QED) is 0.539. The van der Waals surface area contributed by atoms with E-state index in [4.69, 9.17) is 0 Å². The summed E-state index contributed by atoms with van der Waals surface area (Å²) in [6.07, 6.45) is 2.21. The van der Waals surface area contributed by atoms with Crippen molar-refractivity contribution in [3.63, 3.8) is 0 Å². The molecule has 0 spiro atoms. The Morgan fingerprint density at radius 3 is 2.07 bits per heavy atom. The van der Waals surface area contributed by atoms with Crippen LogP contribution in [0.5, 0.6) is 5.75 Å². The van der Waals surface area contributed by atoms with Crippen molar-refractivity contribution in [2.24, 2.45) is 11.0 Å². The van der Waals surface area contributed by atoms with E-state index in [9.17, 15) is 9.90 Å². The normalized spacial score (nSPS) is 17.6. The molecule has 0 aromatic heterocycles. The van der Waals surface area contributed by atoms with E-state index < -0.39 is 0 Å². The molecular formula is C23H20N2O2. The van der Waals surface area contributed by atoms with E-state index in [2.05, 4.69) is 34.8 Å². The van der Waals surface area contributed by atoms with E-state index in [-0.39, 0.29) is 23.0 Å². The first-order valence-electron chi connectivity index (χ1n) is 8.94. The topological polar surface area (TPSA) is 61.7 Å². The van der Waals surface area contributed by atoms with E-state index >= 15 is 0 Å². The number of carbonyl (C=O) groups is 1. The van der Waals surface area contributed by atoms with Gasteiger partial charge in [-0.1, -0.05) is 72.8 Å². The number of phenolic OH excluding ortho intramolecular Hbond substituents is 1. The second-order valence-corrected chi connectivity index (χ2v) is 6.75. The third-order valence-electron chi connectivity index (χ3n) is 5.17. The van der Waals surface area contributed by atoms with Gasteiger partial charge < -0.3 is 5.11 Å². The molecule has 27 heavy (non-hydrogen) atoms. The maximum atomic E-state index is 12.8. The molecule has 1 amide bonds. The van der Waals surface area contributed by atoms with Crippen molar-refractivity contribution < 1.29 is 9.90 Å². The van der Waals surface area contributed by atoms with E-state index in [0.29, 0.717) is 5.56 Å². The average molecular weight is 356 g/mol.